The van der Waals surface area contributed by atoms with Gasteiger partial charge in [-0.15, -0.1) is 0 Å². The number of anilines is 1. The monoisotopic (exact) mass is 233 g/mol. The zero-order valence-corrected chi connectivity index (χ0v) is 10.1. The minimum Gasteiger partial charge on any atom is -0.330 e. The Morgan fingerprint density at radius 2 is 2.29 bits per heavy atom. The fraction of sp³-hybridized carbons (Fsp3) is 0.462. The smallest absolute Gasteiger partial charge is 0.246 e. The molecule has 0 spiro atoms. The predicted octanol–water partition coefficient (Wildman–Crippen LogP) is 1.18. The molecule has 92 valence electrons. The average Bonchev–Trinajstić information content (AvgIpc) is 2.65. The van der Waals surface area contributed by atoms with Crippen LogP contribution in [0, 0.1) is 0 Å². The highest BCUT2D eigenvalue weighted by Crippen LogP contribution is 2.31. The Balaban J connectivity index is 2.16. The molecule has 4 nitrogen and oxygen atoms in total. The number of amides is 1. The van der Waals surface area contributed by atoms with Gasteiger partial charge in [0, 0.05) is 11.3 Å². The molecule has 0 bridgehead atoms. The summed E-state index contributed by atoms with van der Waals surface area (Å²) in [5, 5.41) is 6.14. The molecular weight excluding hydrogens is 214 g/mol. The van der Waals surface area contributed by atoms with E-state index < -0.39 is 0 Å². The maximum absolute atomic E-state index is 11.8. The van der Waals surface area contributed by atoms with Crippen molar-refractivity contribution in [3.63, 3.8) is 0 Å². The lowest BCUT2D eigenvalue weighted by Gasteiger charge is -2.11. The summed E-state index contributed by atoms with van der Waals surface area (Å²) in [5.41, 5.74) is 8.69. The van der Waals surface area contributed by atoms with E-state index >= 15 is 0 Å². The molecule has 0 aromatic heterocycles. The molecule has 1 aromatic rings. The zero-order chi connectivity index (χ0) is 12.3. The minimum absolute atomic E-state index is 0.0327. The van der Waals surface area contributed by atoms with Crippen LogP contribution in [0.2, 0.25) is 0 Å². The molecule has 1 unspecified atom stereocenters. The van der Waals surface area contributed by atoms with Crippen molar-refractivity contribution in [2.24, 2.45) is 5.73 Å². The molecule has 1 aromatic carbocycles. The molecule has 0 saturated heterocycles. The van der Waals surface area contributed by atoms with E-state index in [0.29, 0.717) is 6.54 Å². The number of nitrogens with two attached hydrogens (primary N) is 1. The number of hydrogen-bond donors (Lipinski definition) is 3. The Hall–Kier alpha value is -1.39. The Morgan fingerprint density at radius 1 is 1.47 bits per heavy atom. The van der Waals surface area contributed by atoms with E-state index in [-0.39, 0.29) is 11.9 Å². The van der Waals surface area contributed by atoms with E-state index in [9.17, 15) is 4.79 Å². The van der Waals surface area contributed by atoms with Crippen molar-refractivity contribution in [3.05, 3.63) is 29.3 Å². The maximum atomic E-state index is 11.8. The summed E-state index contributed by atoms with van der Waals surface area (Å²) in [4.78, 5) is 11.8. The highest BCUT2D eigenvalue weighted by Gasteiger charge is 2.29. The van der Waals surface area contributed by atoms with E-state index in [1.165, 1.54) is 5.56 Å². The molecule has 1 heterocycles. The first-order valence-corrected chi connectivity index (χ1v) is 6.13. The Labute approximate surface area is 102 Å². The van der Waals surface area contributed by atoms with E-state index in [4.69, 9.17) is 5.73 Å². The molecular formula is C13H19N3O. The summed E-state index contributed by atoms with van der Waals surface area (Å²) in [7, 11) is 0. The van der Waals surface area contributed by atoms with Crippen LogP contribution in [0.5, 0.6) is 0 Å². The van der Waals surface area contributed by atoms with Gasteiger partial charge in [-0.2, -0.15) is 0 Å². The molecule has 0 saturated carbocycles. The summed E-state index contributed by atoms with van der Waals surface area (Å²) < 4.78 is 0. The van der Waals surface area contributed by atoms with Crippen LogP contribution in [0.3, 0.4) is 0 Å². The van der Waals surface area contributed by atoms with Gasteiger partial charge in [-0.25, -0.2) is 0 Å². The Morgan fingerprint density at radius 3 is 3.00 bits per heavy atom. The fourth-order valence-electron chi connectivity index (χ4n) is 2.08. The Bertz CT molecular complexity index is 417. The normalized spacial score (nSPS) is 18.0. The van der Waals surface area contributed by atoms with Gasteiger partial charge < -0.3 is 16.4 Å². The number of carbonyl (C=O) groups is 1. The van der Waals surface area contributed by atoms with Crippen LogP contribution in [0.1, 0.15) is 30.5 Å². The lowest BCUT2D eigenvalue weighted by Crippen LogP contribution is -2.29. The number of rotatable bonds is 5. The van der Waals surface area contributed by atoms with Crippen LogP contribution in [0.4, 0.5) is 5.69 Å². The van der Waals surface area contributed by atoms with Gasteiger partial charge in [0.2, 0.25) is 5.91 Å². The number of carbonyl (C=O) groups excluding carboxylic acids is 1. The second kappa shape index (κ2) is 5.29. The highest BCUT2D eigenvalue weighted by atomic mass is 16.2. The quantitative estimate of drug-likeness (QED) is 0.669. The minimum atomic E-state index is -0.219. The highest BCUT2D eigenvalue weighted by molar-refractivity contribution is 6.02. The standard InChI is InChI=1S/C13H19N3O/c1-2-9-4-5-11-10(8-9)12(13(17)16-11)15-7-3-6-14/h4-5,8,12,15H,2-3,6-7,14H2,1H3,(H,16,17). The number of hydrogen-bond acceptors (Lipinski definition) is 3. The second-order valence-corrected chi connectivity index (χ2v) is 4.29. The number of benzene rings is 1. The number of aryl methyl sites for hydroxylation is 1. The van der Waals surface area contributed by atoms with Crippen molar-refractivity contribution in [1.29, 1.82) is 0 Å². The first kappa shape index (κ1) is 12.1. The van der Waals surface area contributed by atoms with Crippen molar-refractivity contribution in [3.8, 4) is 0 Å². The van der Waals surface area contributed by atoms with Crippen molar-refractivity contribution >= 4 is 11.6 Å². The van der Waals surface area contributed by atoms with Crippen LogP contribution in [-0.2, 0) is 11.2 Å². The molecule has 0 aliphatic carbocycles. The van der Waals surface area contributed by atoms with Crippen LogP contribution in [0.25, 0.3) is 0 Å². The van der Waals surface area contributed by atoms with E-state index in [1.54, 1.807) is 0 Å². The molecule has 0 radical (unpaired) electrons. The Kier molecular flexibility index (Phi) is 3.76. The van der Waals surface area contributed by atoms with Gasteiger partial charge >= 0.3 is 0 Å². The van der Waals surface area contributed by atoms with E-state index in [1.807, 2.05) is 6.07 Å². The predicted molar refractivity (Wildman–Crippen MR) is 68.9 cm³/mol. The summed E-state index contributed by atoms with van der Waals surface area (Å²) in [6, 6.07) is 5.92. The molecule has 1 amide bonds. The molecule has 0 fully saturated rings. The average molecular weight is 233 g/mol. The van der Waals surface area contributed by atoms with Gasteiger partial charge in [-0.05, 0) is 37.6 Å². The van der Waals surface area contributed by atoms with Crippen LogP contribution in [0.15, 0.2) is 18.2 Å². The van der Waals surface area contributed by atoms with Crippen molar-refractivity contribution in [2.75, 3.05) is 18.4 Å². The van der Waals surface area contributed by atoms with E-state index in [2.05, 4.69) is 29.7 Å². The van der Waals surface area contributed by atoms with Crippen molar-refractivity contribution in [1.82, 2.24) is 5.32 Å². The third-order valence-corrected chi connectivity index (χ3v) is 3.08. The number of fused-ring (bicyclic) bond motifs is 1. The molecule has 1 aliphatic rings. The lowest BCUT2D eigenvalue weighted by molar-refractivity contribution is -0.117. The third-order valence-electron chi connectivity index (χ3n) is 3.08. The van der Waals surface area contributed by atoms with Gasteiger partial charge in [-0.3, -0.25) is 4.79 Å². The van der Waals surface area contributed by atoms with Gasteiger partial charge in [-0.1, -0.05) is 19.1 Å². The first-order chi connectivity index (χ1) is 8.26. The van der Waals surface area contributed by atoms with Crippen molar-refractivity contribution in [2.45, 2.75) is 25.8 Å². The largest absolute Gasteiger partial charge is 0.330 e. The summed E-state index contributed by atoms with van der Waals surface area (Å²) in [6.07, 6.45) is 1.86. The molecule has 1 aliphatic heterocycles. The van der Waals surface area contributed by atoms with Gasteiger partial charge in [0.15, 0.2) is 0 Å². The number of nitrogens with one attached hydrogen (secondary N) is 2. The summed E-state index contributed by atoms with van der Waals surface area (Å²) in [6.45, 7) is 3.52. The second-order valence-electron chi connectivity index (χ2n) is 4.29. The molecule has 4 N–H and O–H groups in total. The SMILES string of the molecule is CCc1ccc2c(c1)C(NCCCN)C(=O)N2. The van der Waals surface area contributed by atoms with E-state index in [0.717, 1.165) is 30.6 Å². The van der Waals surface area contributed by atoms with Gasteiger partial charge in [0.1, 0.15) is 6.04 Å². The molecule has 17 heavy (non-hydrogen) atoms. The van der Waals surface area contributed by atoms with Gasteiger partial charge in [0.25, 0.3) is 0 Å². The van der Waals surface area contributed by atoms with Gasteiger partial charge in [0.05, 0.1) is 0 Å². The molecule has 1 atom stereocenters. The maximum Gasteiger partial charge on any atom is 0.246 e. The topological polar surface area (TPSA) is 67.1 Å². The first-order valence-electron chi connectivity index (χ1n) is 6.13. The fourth-order valence-corrected chi connectivity index (χ4v) is 2.08. The van der Waals surface area contributed by atoms with Crippen LogP contribution < -0.4 is 16.4 Å². The van der Waals surface area contributed by atoms with Crippen LogP contribution >= 0.6 is 0 Å². The van der Waals surface area contributed by atoms with Crippen molar-refractivity contribution < 1.29 is 4.79 Å². The lowest BCUT2D eigenvalue weighted by atomic mass is 10.0. The zero-order valence-electron chi connectivity index (χ0n) is 10.1. The summed E-state index contributed by atoms with van der Waals surface area (Å²) in [5.74, 6) is 0.0327. The summed E-state index contributed by atoms with van der Waals surface area (Å²) >= 11 is 0. The molecule has 2 rings (SSSR count). The third kappa shape index (κ3) is 2.48. The van der Waals surface area contributed by atoms with Crippen LogP contribution in [-0.4, -0.2) is 19.0 Å². The molecule has 4 heteroatoms.